The minimum Gasteiger partial charge on any atom is -0.362 e. The third-order valence-electron chi connectivity index (χ3n) is 20.8. The molecule has 3 amide bonds. The first-order valence-corrected chi connectivity index (χ1v) is 44.8. The Morgan fingerprint density at radius 1 is 0.545 bits per heavy atom. The standard InChI is InChI=1S/C26H27BrClF3N6O3S.2C26H26BrF3N6O3S/c1-25(2)13-15(14-32-25)9-11-18(17-5-3-6-19(33-17)26(29,30)31)34-21-7-4-8-22(36-21)41(39,40)37-24(38)16-10-12-20(27)35-23(16)28;2*1-25(2)13-15-9-11-18(17-5-3-6-19(31-17)26(28,29)30)32-21-7-4-8-22(34-21)40(38,39)35-24(37)16-10-12-20(27)33-23(16)36(25)14-15/h3-8,10,12,15,18,32H,9,11,13-14H2,1-2H3,(H,34,36)(H,37,38);2*3-8,10,12,15,18H,9,11,13-14H2,1-2H3,(H,32,34)(H,35,37)/t15-,18?;15-,18+;15-,18-/m100/s1. The smallest absolute Gasteiger partial charge is 0.362 e. The van der Waals surface area contributed by atoms with E-state index in [2.05, 4.69) is 137 Å². The van der Waals surface area contributed by atoms with Crippen molar-refractivity contribution in [2.24, 2.45) is 17.8 Å². The minimum absolute atomic E-state index is 0.0345. The van der Waals surface area contributed by atoms with E-state index in [1.54, 1.807) is 12.1 Å². The molecular weight excluding hydrogens is 1880 g/mol. The van der Waals surface area contributed by atoms with Crippen molar-refractivity contribution in [3.63, 3.8) is 0 Å². The highest BCUT2D eigenvalue weighted by molar-refractivity contribution is 9.11. The number of hydrogen-bond acceptors (Lipinski definition) is 24. The predicted octanol–water partition coefficient (Wildman–Crippen LogP) is 16.4. The summed E-state index contributed by atoms with van der Waals surface area (Å²) in [5, 5.41) is 11.1. The summed E-state index contributed by atoms with van der Waals surface area (Å²) in [6, 6.07) is 30.3. The third kappa shape index (κ3) is 22.6. The summed E-state index contributed by atoms with van der Waals surface area (Å²) in [5.74, 6) is -1.21. The van der Waals surface area contributed by atoms with Crippen molar-refractivity contribution in [1.29, 1.82) is 0 Å². The fourth-order valence-corrected chi connectivity index (χ4v) is 19.3. The van der Waals surface area contributed by atoms with Gasteiger partial charge < -0.3 is 31.1 Å². The Kier molecular flexibility index (Phi) is 26.9. The molecule has 9 aromatic heterocycles. The second-order valence-electron chi connectivity index (χ2n) is 31.4. The molecule has 9 aromatic rings. The average Bonchev–Trinajstić information content (AvgIpc) is 1.65. The molecule has 1 unspecified atom stereocenters. The molecule has 6 atom stereocenters. The lowest BCUT2D eigenvalue weighted by atomic mass is 9.91. The van der Waals surface area contributed by atoms with Crippen molar-refractivity contribution in [3.8, 4) is 0 Å². The van der Waals surface area contributed by atoms with E-state index >= 15 is 0 Å². The van der Waals surface area contributed by atoms with Crippen LogP contribution in [0.15, 0.2) is 174 Å². The van der Waals surface area contributed by atoms with Gasteiger partial charge in [-0.05, 0) is 281 Å². The molecule has 644 valence electrons. The number of anilines is 5. The molecular formula is C78H79Br3ClF9N18O9S3. The van der Waals surface area contributed by atoms with Gasteiger partial charge >= 0.3 is 18.5 Å². The van der Waals surface area contributed by atoms with Crippen molar-refractivity contribution in [2.75, 3.05) is 45.4 Å². The summed E-state index contributed by atoms with van der Waals surface area (Å²) in [4.78, 5) is 80.1. The van der Waals surface area contributed by atoms with Crippen LogP contribution in [0.5, 0.6) is 0 Å². The molecule has 7 N–H and O–H groups in total. The van der Waals surface area contributed by atoms with Crippen molar-refractivity contribution < 1.29 is 79.2 Å². The number of rotatable bonds is 11. The van der Waals surface area contributed by atoms with Gasteiger partial charge in [0.2, 0.25) is 0 Å². The van der Waals surface area contributed by atoms with Gasteiger partial charge in [-0.3, -0.25) is 14.4 Å². The lowest BCUT2D eigenvalue weighted by Gasteiger charge is -2.33. The summed E-state index contributed by atoms with van der Waals surface area (Å²) in [5.41, 5.74) is -3.48. The van der Waals surface area contributed by atoms with Crippen LogP contribution < -0.4 is 45.2 Å². The molecule has 8 bridgehead atoms. The van der Waals surface area contributed by atoms with Crippen molar-refractivity contribution in [1.82, 2.24) is 64.3 Å². The predicted molar refractivity (Wildman–Crippen MR) is 441 cm³/mol. The normalized spacial score (nSPS) is 20.8. The molecule has 43 heteroatoms. The van der Waals surface area contributed by atoms with E-state index in [-0.39, 0.29) is 73.8 Å². The third-order valence-corrected chi connectivity index (χ3v) is 26.1. The molecule has 27 nitrogen and oxygen atoms in total. The van der Waals surface area contributed by atoms with Crippen LogP contribution in [0, 0.1) is 17.8 Å². The van der Waals surface area contributed by atoms with Crippen molar-refractivity contribution in [3.05, 3.63) is 215 Å². The molecule has 0 aromatic carbocycles. The molecule has 3 saturated heterocycles. The van der Waals surface area contributed by atoms with E-state index in [1.165, 1.54) is 115 Å². The van der Waals surface area contributed by atoms with E-state index in [9.17, 15) is 79.2 Å². The quantitative estimate of drug-likeness (QED) is 0.0467. The molecule has 14 rings (SSSR count). The van der Waals surface area contributed by atoms with Crippen LogP contribution in [0.2, 0.25) is 5.15 Å². The van der Waals surface area contributed by atoms with Gasteiger partial charge in [0.1, 0.15) is 65.1 Å². The summed E-state index contributed by atoms with van der Waals surface area (Å²) in [7, 11) is -13.3. The van der Waals surface area contributed by atoms with E-state index in [1.807, 2.05) is 42.2 Å². The van der Waals surface area contributed by atoms with Crippen molar-refractivity contribution >= 4 is 136 Å². The van der Waals surface area contributed by atoms with Crippen LogP contribution in [0.3, 0.4) is 0 Å². The first-order chi connectivity index (χ1) is 56.6. The minimum atomic E-state index is -4.63. The molecule has 14 heterocycles. The number of hydrogen-bond donors (Lipinski definition) is 7. The Balaban J connectivity index is 0.000000166. The Labute approximate surface area is 720 Å². The Hall–Kier alpha value is -9.33. The molecule has 0 saturated carbocycles. The van der Waals surface area contributed by atoms with Gasteiger partial charge in [0, 0.05) is 29.7 Å². The Morgan fingerprint density at radius 3 is 1.45 bits per heavy atom. The fraction of sp³-hybridized carbons (Fsp3) is 0.385. The molecule has 5 aliphatic heterocycles. The Morgan fingerprint density at radius 2 is 0.992 bits per heavy atom. The molecule has 0 spiro atoms. The van der Waals surface area contributed by atoms with Crippen LogP contribution in [0.4, 0.5) is 68.6 Å². The summed E-state index contributed by atoms with van der Waals surface area (Å²) in [6.07, 6.45) is -8.40. The Bertz CT molecular complexity index is 5540. The van der Waals surface area contributed by atoms with E-state index in [4.69, 9.17) is 11.6 Å². The molecule has 3 fully saturated rings. The first kappa shape index (κ1) is 90.9. The second-order valence-corrected chi connectivity index (χ2v) is 39.0. The number of nitrogens with one attached hydrogen (secondary N) is 7. The number of alkyl halides is 9. The van der Waals surface area contributed by atoms with Gasteiger partial charge in [-0.25, -0.2) is 59.0 Å². The number of halogens is 13. The number of carbonyl (C=O) groups excluding carboxylic acids is 3. The topological polar surface area (TPSA) is 360 Å². The molecule has 0 aliphatic carbocycles. The summed E-state index contributed by atoms with van der Waals surface area (Å²) < 4.78 is 207. The van der Waals surface area contributed by atoms with Gasteiger partial charge in [0.05, 0.1) is 51.9 Å². The number of aromatic nitrogens is 9. The molecule has 5 aliphatic rings. The van der Waals surface area contributed by atoms with E-state index in [0.717, 1.165) is 44.0 Å². The number of pyridine rings is 9. The van der Waals surface area contributed by atoms with Crippen molar-refractivity contribution in [2.45, 2.75) is 168 Å². The fourth-order valence-electron chi connectivity index (χ4n) is 15.3. The second kappa shape index (κ2) is 35.9. The highest BCUT2D eigenvalue weighted by atomic mass is 79.9. The summed E-state index contributed by atoms with van der Waals surface area (Å²) >= 11 is 15.8. The maximum absolute atomic E-state index is 13.5. The SMILES string of the molecule is CC1(C)C[C@@H](CCC(Nc2cccc(S(=O)(=O)NC(=O)c3ccc(Br)nc3Cl)n2)c2cccc(C(F)(F)F)n2)CN1.CC1(C)C[C@@H]2CC[C@@H](c3cccc(C(F)(F)F)n3)Nc3cccc(n3)S(=O)(=O)NC(=O)c3ccc(Br)nc3N1C2.CC1(C)C[C@@H]2CC[C@H](c3cccc(C(F)(F)F)n3)Nc3cccc(n3)S(=O)(=O)NC(=O)c3ccc(Br)nc3N1C2. The zero-order chi connectivity index (χ0) is 87.7. The van der Waals surface area contributed by atoms with Crippen LogP contribution in [0.1, 0.15) is 183 Å². The van der Waals surface area contributed by atoms with Crippen LogP contribution in [0.25, 0.3) is 0 Å². The van der Waals surface area contributed by atoms with E-state index in [0.29, 0.717) is 83.0 Å². The number of fused-ring (bicyclic) bond motifs is 12. The summed E-state index contributed by atoms with van der Waals surface area (Å²) in [6.45, 7) is 14.0. The number of amides is 3. The van der Waals surface area contributed by atoms with Gasteiger partial charge in [-0.15, -0.1) is 0 Å². The highest BCUT2D eigenvalue weighted by Gasteiger charge is 2.45. The average molecular weight is 1950 g/mol. The lowest BCUT2D eigenvalue weighted by molar-refractivity contribution is -0.142. The monoisotopic (exact) mass is 1950 g/mol. The lowest BCUT2D eigenvalue weighted by Crippen LogP contribution is -2.41. The van der Waals surface area contributed by atoms with Gasteiger partial charge in [0.25, 0.3) is 47.8 Å². The zero-order valence-corrected chi connectivity index (χ0v) is 73.0. The number of carbonyl (C=O) groups is 3. The van der Waals surface area contributed by atoms with E-state index < -0.39 is 128 Å². The van der Waals surface area contributed by atoms with Gasteiger partial charge in [-0.1, -0.05) is 48.0 Å². The maximum atomic E-state index is 13.5. The number of sulfonamides is 3. The zero-order valence-electron chi connectivity index (χ0n) is 65.0. The molecule has 0 radical (unpaired) electrons. The van der Waals surface area contributed by atoms with Crippen LogP contribution >= 0.6 is 59.4 Å². The molecule has 121 heavy (non-hydrogen) atoms. The van der Waals surface area contributed by atoms with Gasteiger partial charge in [0.15, 0.2) is 15.1 Å². The number of nitrogens with zero attached hydrogens (tertiary/aromatic N) is 11. The maximum Gasteiger partial charge on any atom is 0.433 e. The first-order valence-electron chi connectivity index (χ1n) is 37.6. The van der Waals surface area contributed by atoms with Crippen LogP contribution in [-0.2, 0) is 48.6 Å². The van der Waals surface area contributed by atoms with Gasteiger partial charge in [-0.2, -0.15) is 64.8 Å². The largest absolute Gasteiger partial charge is 0.433 e. The van der Waals surface area contributed by atoms with Crippen LogP contribution in [-0.4, -0.2) is 124 Å². The highest BCUT2D eigenvalue weighted by Crippen LogP contribution is 2.45.